The first kappa shape index (κ1) is 23.0. The van der Waals surface area contributed by atoms with Gasteiger partial charge in [-0.2, -0.15) is 5.10 Å². The van der Waals surface area contributed by atoms with Crippen molar-refractivity contribution in [2.24, 2.45) is 0 Å². The molecule has 0 unspecified atom stereocenters. The van der Waals surface area contributed by atoms with Crippen molar-refractivity contribution in [2.75, 3.05) is 14.2 Å². The van der Waals surface area contributed by atoms with Gasteiger partial charge in [-0.1, -0.05) is 30.3 Å². The fraction of sp³-hybridized carbons (Fsp3) is 0.185. The summed E-state index contributed by atoms with van der Waals surface area (Å²) in [6.45, 7) is 0.274. The van der Waals surface area contributed by atoms with Crippen LogP contribution in [-0.4, -0.2) is 29.9 Å². The topological polar surface area (TPSA) is 65.4 Å². The number of carbonyl (C=O) groups excluding carboxylic acids is 1. The second-order valence-corrected chi connectivity index (χ2v) is 7.76. The maximum absolute atomic E-state index is 13.4. The molecule has 7 heteroatoms. The van der Waals surface area contributed by atoms with Crippen molar-refractivity contribution >= 4 is 5.91 Å². The Labute approximate surface area is 198 Å². The van der Waals surface area contributed by atoms with Gasteiger partial charge >= 0.3 is 0 Å². The molecule has 3 aromatic carbocycles. The zero-order valence-electron chi connectivity index (χ0n) is 19.1. The summed E-state index contributed by atoms with van der Waals surface area (Å²) in [5.74, 6) is 0.900. The highest BCUT2D eigenvalue weighted by Gasteiger charge is 2.18. The lowest BCUT2D eigenvalue weighted by Gasteiger charge is -2.10. The van der Waals surface area contributed by atoms with E-state index < -0.39 is 0 Å². The average Bonchev–Trinajstić information content (AvgIpc) is 3.30. The normalized spacial score (nSPS) is 10.7. The molecule has 1 amide bonds. The summed E-state index contributed by atoms with van der Waals surface area (Å²) in [6, 6.07) is 21.5. The monoisotopic (exact) mass is 459 g/mol. The summed E-state index contributed by atoms with van der Waals surface area (Å²) in [6.07, 6.45) is 2.66. The van der Waals surface area contributed by atoms with Gasteiger partial charge in [0.1, 0.15) is 17.3 Å². The SMILES string of the molecule is COc1ccc(OC)c(-c2nn(-c3ccccc3)cc2CCC(=O)NCc2cccc(F)c2)c1. The number of halogens is 1. The zero-order valence-corrected chi connectivity index (χ0v) is 19.1. The Morgan fingerprint density at radius 3 is 2.56 bits per heavy atom. The van der Waals surface area contributed by atoms with Crippen LogP contribution in [0.25, 0.3) is 16.9 Å². The van der Waals surface area contributed by atoms with Crippen LogP contribution in [0.15, 0.2) is 79.0 Å². The van der Waals surface area contributed by atoms with Crippen LogP contribution in [0.5, 0.6) is 11.5 Å². The summed E-state index contributed by atoms with van der Waals surface area (Å²) in [5.41, 5.74) is 4.03. The third-order valence-electron chi connectivity index (χ3n) is 5.47. The van der Waals surface area contributed by atoms with Crippen molar-refractivity contribution in [3.05, 3.63) is 95.9 Å². The number of hydrogen-bond acceptors (Lipinski definition) is 4. The van der Waals surface area contributed by atoms with Crippen LogP contribution in [0.1, 0.15) is 17.5 Å². The van der Waals surface area contributed by atoms with Gasteiger partial charge in [0.15, 0.2) is 0 Å². The number of amides is 1. The summed E-state index contributed by atoms with van der Waals surface area (Å²) < 4.78 is 26.2. The average molecular weight is 460 g/mol. The fourth-order valence-corrected chi connectivity index (χ4v) is 3.72. The predicted octanol–water partition coefficient (Wildman–Crippen LogP) is 4.94. The molecule has 4 aromatic rings. The van der Waals surface area contributed by atoms with E-state index in [1.807, 2.05) is 54.7 Å². The first-order valence-corrected chi connectivity index (χ1v) is 10.9. The van der Waals surface area contributed by atoms with Crippen LogP contribution in [0.4, 0.5) is 4.39 Å². The third kappa shape index (κ3) is 5.43. The molecule has 0 atom stereocenters. The van der Waals surface area contributed by atoms with Crippen molar-refractivity contribution in [3.8, 4) is 28.4 Å². The number of nitrogens with one attached hydrogen (secondary N) is 1. The van der Waals surface area contributed by atoms with Crippen molar-refractivity contribution in [3.63, 3.8) is 0 Å². The Kier molecular flexibility index (Phi) is 7.22. The van der Waals surface area contributed by atoms with E-state index in [4.69, 9.17) is 14.6 Å². The van der Waals surface area contributed by atoms with E-state index in [1.165, 1.54) is 12.1 Å². The third-order valence-corrected chi connectivity index (χ3v) is 5.47. The van der Waals surface area contributed by atoms with Crippen LogP contribution < -0.4 is 14.8 Å². The number of nitrogens with zero attached hydrogens (tertiary/aromatic N) is 2. The smallest absolute Gasteiger partial charge is 0.220 e. The van der Waals surface area contributed by atoms with E-state index in [0.29, 0.717) is 23.5 Å². The molecule has 1 N–H and O–H groups in total. The first-order chi connectivity index (χ1) is 16.6. The van der Waals surface area contributed by atoms with Crippen LogP contribution in [-0.2, 0) is 17.8 Å². The number of carbonyl (C=O) groups is 1. The number of aromatic nitrogens is 2. The van der Waals surface area contributed by atoms with Crippen molar-refractivity contribution in [1.82, 2.24) is 15.1 Å². The maximum atomic E-state index is 13.4. The van der Waals surface area contributed by atoms with Gasteiger partial charge in [0, 0.05) is 24.7 Å². The molecule has 0 saturated heterocycles. The van der Waals surface area contributed by atoms with Crippen LogP contribution >= 0.6 is 0 Å². The quantitative estimate of drug-likeness (QED) is 0.385. The van der Waals surface area contributed by atoms with Gasteiger partial charge in [-0.05, 0) is 60.0 Å². The van der Waals surface area contributed by atoms with E-state index in [-0.39, 0.29) is 24.7 Å². The molecule has 174 valence electrons. The fourth-order valence-electron chi connectivity index (χ4n) is 3.72. The van der Waals surface area contributed by atoms with E-state index in [0.717, 1.165) is 22.5 Å². The lowest BCUT2D eigenvalue weighted by atomic mass is 10.0. The summed E-state index contributed by atoms with van der Waals surface area (Å²) in [7, 11) is 3.22. The Morgan fingerprint density at radius 1 is 1.00 bits per heavy atom. The molecule has 0 aliphatic heterocycles. The van der Waals surface area contributed by atoms with Gasteiger partial charge in [0.05, 0.1) is 25.6 Å². The molecule has 0 saturated carbocycles. The van der Waals surface area contributed by atoms with Crippen LogP contribution in [0.3, 0.4) is 0 Å². The zero-order chi connectivity index (χ0) is 23.9. The first-order valence-electron chi connectivity index (χ1n) is 10.9. The highest BCUT2D eigenvalue weighted by atomic mass is 19.1. The van der Waals surface area contributed by atoms with E-state index in [9.17, 15) is 9.18 Å². The number of hydrogen-bond donors (Lipinski definition) is 1. The van der Waals surface area contributed by atoms with Gasteiger partial charge in [-0.25, -0.2) is 9.07 Å². The number of rotatable bonds is 9. The number of para-hydroxylation sites is 1. The largest absolute Gasteiger partial charge is 0.497 e. The highest BCUT2D eigenvalue weighted by molar-refractivity contribution is 5.77. The lowest BCUT2D eigenvalue weighted by Crippen LogP contribution is -2.23. The minimum absolute atomic E-state index is 0.125. The molecular formula is C27H26FN3O3. The molecule has 0 aliphatic rings. The summed E-state index contributed by atoms with van der Waals surface area (Å²) in [4.78, 5) is 12.5. The molecular weight excluding hydrogens is 433 g/mol. The predicted molar refractivity (Wildman–Crippen MR) is 129 cm³/mol. The molecule has 0 radical (unpaired) electrons. The van der Waals surface area contributed by atoms with Gasteiger partial charge in [0.2, 0.25) is 5.91 Å². The Balaban J connectivity index is 1.58. The lowest BCUT2D eigenvalue weighted by molar-refractivity contribution is -0.121. The molecule has 6 nitrogen and oxygen atoms in total. The summed E-state index contributed by atoms with van der Waals surface area (Å²) in [5, 5.41) is 7.68. The molecule has 0 aliphatic carbocycles. The maximum Gasteiger partial charge on any atom is 0.220 e. The Hall–Kier alpha value is -4.13. The molecule has 1 aromatic heterocycles. The van der Waals surface area contributed by atoms with E-state index >= 15 is 0 Å². The second kappa shape index (κ2) is 10.7. The standard InChI is InChI=1S/C27H26FN3O3/c1-33-23-12-13-25(34-2)24(16-23)27-20(18-31(30-27)22-9-4-3-5-10-22)11-14-26(32)29-17-19-7-6-8-21(28)15-19/h3-10,12-13,15-16,18H,11,14,17H2,1-2H3,(H,29,32). The minimum Gasteiger partial charge on any atom is -0.497 e. The van der Waals surface area contributed by atoms with Gasteiger partial charge in [0.25, 0.3) is 0 Å². The van der Waals surface area contributed by atoms with Crippen LogP contribution in [0.2, 0.25) is 0 Å². The number of aryl methyl sites for hydroxylation is 1. The Morgan fingerprint density at radius 2 is 1.82 bits per heavy atom. The van der Waals surface area contributed by atoms with E-state index in [2.05, 4.69) is 5.32 Å². The minimum atomic E-state index is -0.322. The molecule has 0 spiro atoms. The number of ether oxygens (including phenoxy) is 2. The number of benzene rings is 3. The highest BCUT2D eigenvalue weighted by Crippen LogP contribution is 2.35. The number of methoxy groups -OCH3 is 2. The van der Waals surface area contributed by atoms with Crippen molar-refractivity contribution in [1.29, 1.82) is 0 Å². The van der Waals surface area contributed by atoms with Gasteiger partial charge in [-0.3, -0.25) is 4.79 Å². The summed E-state index contributed by atoms with van der Waals surface area (Å²) >= 11 is 0. The van der Waals surface area contributed by atoms with E-state index in [1.54, 1.807) is 31.0 Å². The van der Waals surface area contributed by atoms with Gasteiger partial charge < -0.3 is 14.8 Å². The van der Waals surface area contributed by atoms with Crippen molar-refractivity contribution in [2.45, 2.75) is 19.4 Å². The second-order valence-electron chi connectivity index (χ2n) is 7.76. The molecule has 0 bridgehead atoms. The Bertz CT molecular complexity index is 1270. The molecule has 34 heavy (non-hydrogen) atoms. The van der Waals surface area contributed by atoms with Crippen LogP contribution in [0, 0.1) is 5.82 Å². The molecule has 1 heterocycles. The van der Waals surface area contributed by atoms with Crippen molar-refractivity contribution < 1.29 is 18.7 Å². The molecule has 0 fully saturated rings. The van der Waals surface area contributed by atoms with Gasteiger partial charge in [-0.15, -0.1) is 0 Å². The molecule has 4 rings (SSSR count).